The van der Waals surface area contributed by atoms with Gasteiger partial charge in [-0.2, -0.15) is 16.1 Å². The molecular weight excluding hydrogens is 500 g/mol. The second-order valence-electron chi connectivity index (χ2n) is 8.77. The molecule has 36 heavy (non-hydrogen) atoms. The van der Waals surface area contributed by atoms with E-state index in [1.807, 2.05) is 61.5 Å². The number of nitro groups is 1. The van der Waals surface area contributed by atoms with Crippen LogP contribution < -0.4 is 0 Å². The van der Waals surface area contributed by atoms with E-state index in [2.05, 4.69) is 0 Å². The number of rotatable bonds is 8. The minimum atomic E-state index is -4.23. The Morgan fingerprint density at radius 3 is 2.42 bits per heavy atom. The Morgan fingerprint density at radius 2 is 1.78 bits per heavy atom. The van der Waals surface area contributed by atoms with Crippen LogP contribution in [0, 0.1) is 23.0 Å². The van der Waals surface area contributed by atoms with E-state index < -0.39 is 32.9 Å². The van der Waals surface area contributed by atoms with Gasteiger partial charge in [-0.1, -0.05) is 66.2 Å². The van der Waals surface area contributed by atoms with E-state index in [4.69, 9.17) is 0 Å². The molecule has 0 unspecified atom stereocenters. The molecule has 1 aliphatic heterocycles. The van der Waals surface area contributed by atoms with Gasteiger partial charge in [0.25, 0.3) is 5.69 Å². The highest BCUT2D eigenvalue weighted by molar-refractivity contribution is 7.99. The molecule has 188 valence electrons. The van der Waals surface area contributed by atoms with Crippen LogP contribution in [-0.2, 0) is 20.6 Å². The number of non-ortho nitro benzene ring substituents is 1. The van der Waals surface area contributed by atoms with Crippen LogP contribution in [0.2, 0.25) is 0 Å². The first kappa shape index (κ1) is 25.9. The van der Waals surface area contributed by atoms with Crippen molar-refractivity contribution in [2.75, 3.05) is 6.54 Å². The van der Waals surface area contributed by atoms with E-state index >= 15 is 0 Å². The largest absolute Gasteiger partial charge is 0.481 e. The smallest absolute Gasteiger partial charge is 0.308 e. The standard InChI is InChI=1S/C26H26N2O6S2/c1-18-10-12-20(13-11-18)24-15-25(35-17-19-6-3-2-4-7-19)23(26(29)30)16-27(24)36(33,34)22-9-5-8-21(14-22)28(31)32/h2-14,23-25H,15-17H2,1H3,(H,29,30)/t23-,24+,25-/m1/s1. The normalized spacial score (nSPS) is 20.6. The predicted molar refractivity (Wildman–Crippen MR) is 138 cm³/mol. The summed E-state index contributed by atoms with van der Waals surface area (Å²) in [4.78, 5) is 22.7. The van der Waals surface area contributed by atoms with Crippen molar-refractivity contribution in [3.8, 4) is 0 Å². The lowest BCUT2D eigenvalue weighted by Crippen LogP contribution is -2.49. The number of hydrogen-bond donors (Lipinski definition) is 1. The number of aryl methyl sites for hydroxylation is 1. The van der Waals surface area contributed by atoms with E-state index in [0.29, 0.717) is 12.2 Å². The van der Waals surface area contributed by atoms with E-state index in [0.717, 1.165) is 22.8 Å². The molecule has 1 fully saturated rings. The second kappa shape index (κ2) is 10.8. The summed E-state index contributed by atoms with van der Waals surface area (Å²) in [6.07, 6.45) is 0.297. The van der Waals surface area contributed by atoms with Gasteiger partial charge in [0.15, 0.2) is 0 Å². The maximum Gasteiger partial charge on any atom is 0.308 e. The fourth-order valence-corrected chi connectivity index (χ4v) is 7.43. The lowest BCUT2D eigenvalue weighted by atomic mass is 9.90. The molecule has 0 amide bonds. The number of hydrogen-bond acceptors (Lipinski definition) is 6. The molecule has 4 rings (SSSR count). The lowest BCUT2D eigenvalue weighted by molar-refractivity contribution is -0.385. The highest BCUT2D eigenvalue weighted by Gasteiger charge is 2.45. The van der Waals surface area contributed by atoms with Crippen LogP contribution in [-0.4, -0.2) is 40.5 Å². The lowest BCUT2D eigenvalue weighted by Gasteiger charge is -2.41. The molecule has 1 aliphatic rings. The monoisotopic (exact) mass is 526 g/mol. The predicted octanol–water partition coefficient (Wildman–Crippen LogP) is 5.04. The Hall–Kier alpha value is -3.21. The number of piperidine rings is 1. The molecule has 3 aromatic rings. The van der Waals surface area contributed by atoms with Crippen LogP contribution in [0.25, 0.3) is 0 Å². The number of sulfonamides is 1. The summed E-state index contributed by atoms with van der Waals surface area (Å²) in [6, 6.07) is 21.5. The maximum absolute atomic E-state index is 13.8. The number of nitrogens with zero attached hydrogens (tertiary/aromatic N) is 2. The molecular formula is C26H26N2O6S2. The van der Waals surface area contributed by atoms with Crippen LogP contribution in [0.3, 0.4) is 0 Å². The first-order valence-corrected chi connectivity index (χ1v) is 13.9. The number of carboxylic acid groups (broad SMARTS) is 1. The fraction of sp³-hybridized carbons (Fsp3) is 0.269. The quantitative estimate of drug-likeness (QED) is 0.323. The van der Waals surface area contributed by atoms with E-state index in [9.17, 15) is 28.4 Å². The summed E-state index contributed by atoms with van der Waals surface area (Å²) in [5.74, 6) is -1.40. The van der Waals surface area contributed by atoms with Crippen LogP contribution >= 0.6 is 11.8 Å². The van der Waals surface area contributed by atoms with E-state index in [1.54, 1.807) is 0 Å². The van der Waals surface area contributed by atoms with Crippen molar-refractivity contribution in [3.05, 3.63) is 106 Å². The van der Waals surface area contributed by atoms with Crippen molar-refractivity contribution in [3.63, 3.8) is 0 Å². The minimum Gasteiger partial charge on any atom is -0.481 e. The van der Waals surface area contributed by atoms with Crippen molar-refractivity contribution in [1.82, 2.24) is 4.31 Å². The highest BCUT2D eigenvalue weighted by Crippen LogP contribution is 2.43. The summed E-state index contributed by atoms with van der Waals surface area (Å²) < 4.78 is 28.7. The summed E-state index contributed by atoms with van der Waals surface area (Å²) in [6.45, 7) is 1.70. The Morgan fingerprint density at radius 1 is 1.08 bits per heavy atom. The number of carbonyl (C=O) groups is 1. The van der Waals surface area contributed by atoms with Crippen LogP contribution in [0.4, 0.5) is 5.69 Å². The molecule has 8 nitrogen and oxygen atoms in total. The van der Waals surface area contributed by atoms with Gasteiger partial charge in [0.05, 0.1) is 21.8 Å². The Labute approximate surface area is 214 Å². The van der Waals surface area contributed by atoms with Crippen molar-refractivity contribution in [1.29, 1.82) is 0 Å². The van der Waals surface area contributed by atoms with Crippen molar-refractivity contribution in [2.24, 2.45) is 5.92 Å². The minimum absolute atomic E-state index is 0.228. The average molecular weight is 527 g/mol. The first-order valence-electron chi connectivity index (χ1n) is 11.4. The van der Waals surface area contributed by atoms with Gasteiger partial charge in [-0.15, -0.1) is 0 Å². The van der Waals surface area contributed by atoms with Crippen LogP contribution in [0.1, 0.15) is 29.2 Å². The number of aliphatic carboxylic acids is 1. The molecule has 0 spiro atoms. The number of carboxylic acids is 1. The molecule has 1 saturated heterocycles. The van der Waals surface area contributed by atoms with E-state index in [-0.39, 0.29) is 22.4 Å². The van der Waals surface area contributed by atoms with Crippen LogP contribution in [0.15, 0.2) is 83.8 Å². The number of benzene rings is 3. The van der Waals surface area contributed by atoms with Gasteiger partial charge in [-0.25, -0.2) is 8.42 Å². The van der Waals surface area contributed by atoms with Gasteiger partial charge in [0, 0.05) is 29.7 Å². The van der Waals surface area contributed by atoms with Crippen molar-refractivity contribution < 1.29 is 23.2 Å². The fourth-order valence-electron chi connectivity index (χ4n) is 4.39. The summed E-state index contributed by atoms with van der Waals surface area (Å²) in [7, 11) is -4.23. The van der Waals surface area contributed by atoms with Crippen LogP contribution in [0.5, 0.6) is 0 Å². The van der Waals surface area contributed by atoms with Gasteiger partial charge in [0.1, 0.15) is 0 Å². The zero-order valence-electron chi connectivity index (χ0n) is 19.6. The third kappa shape index (κ3) is 5.61. The molecule has 3 aromatic carbocycles. The maximum atomic E-state index is 13.8. The molecule has 0 aliphatic carbocycles. The third-order valence-electron chi connectivity index (χ3n) is 6.35. The third-order valence-corrected chi connectivity index (χ3v) is 9.67. The molecule has 0 saturated carbocycles. The molecule has 3 atom stereocenters. The van der Waals surface area contributed by atoms with Crippen molar-refractivity contribution in [2.45, 2.75) is 35.3 Å². The second-order valence-corrected chi connectivity index (χ2v) is 11.9. The first-order chi connectivity index (χ1) is 17.2. The highest BCUT2D eigenvalue weighted by atomic mass is 32.2. The number of thioether (sulfide) groups is 1. The van der Waals surface area contributed by atoms with Gasteiger partial charge in [0.2, 0.25) is 10.0 Å². The molecule has 0 aromatic heterocycles. The number of nitro benzene ring substituents is 1. The zero-order chi connectivity index (χ0) is 25.9. The summed E-state index contributed by atoms with van der Waals surface area (Å²) in [5, 5.41) is 21.0. The Balaban J connectivity index is 1.72. The average Bonchev–Trinajstić information content (AvgIpc) is 2.88. The summed E-state index contributed by atoms with van der Waals surface area (Å²) >= 11 is 1.51. The van der Waals surface area contributed by atoms with Crippen molar-refractivity contribution >= 4 is 33.4 Å². The topological polar surface area (TPSA) is 118 Å². The van der Waals surface area contributed by atoms with Gasteiger partial charge in [-0.3, -0.25) is 14.9 Å². The molecule has 0 bridgehead atoms. The molecule has 0 radical (unpaired) electrons. The zero-order valence-corrected chi connectivity index (χ0v) is 21.2. The molecule has 1 N–H and O–H groups in total. The van der Waals surface area contributed by atoms with Gasteiger partial charge in [-0.05, 0) is 30.5 Å². The Bertz CT molecular complexity index is 1350. The molecule has 1 heterocycles. The molecule has 10 heteroatoms. The van der Waals surface area contributed by atoms with E-state index in [1.165, 1.54) is 34.3 Å². The van der Waals surface area contributed by atoms with Gasteiger partial charge >= 0.3 is 5.97 Å². The Kier molecular flexibility index (Phi) is 7.77. The summed E-state index contributed by atoms with van der Waals surface area (Å²) in [5.41, 5.74) is 2.49. The van der Waals surface area contributed by atoms with Gasteiger partial charge < -0.3 is 5.11 Å². The SMILES string of the molecule is Cc1ccc([C@@H]2C[C@@H](SCc3ccccc3)[C@H](C(=O)O)CN2S(=O)(=O)c2cccc([N+](=O)[O-])c2)cc1.